The van der Waals surface area contributed by atoms with Crippen LogP contribution in [0.2, 0.25) is 0 Å². The molecule has 0 amide bonds. The van der Waals surface area contributed by atoms with Crippen LogP contribution in [0.25, 0.3) is 0 Å². The molecule has 0 saturated carbocycles. The first-order chi connectivity index (χ1) is 8.76. The fourth-order valence-electron chi connectivity index (χ4n) is 1.75. The molecule has 2 rings (SSSR count). The molecule has 1 unspecified atom stereocenters. The van der Waals surface area contributed by atoms with E-state index in [1.54, 1.807) is 12.3 Å². The molecule has 0 aliphatic carbocycles. The fourth-order valence-corrected chi connectivity index (χ4v) is 1.75. The van der Waals surface area contributed by atoms with Gasteiger partial charge in [0, 0.05) is 25.0 Å². The van der Waals surface area contributed by atoms with E-state index < -0.39 is 6.10 Å². The number of imidazole rings is 1. The summed E-state index contributed by atoms with van der Waals surface area (Å²) in [7, 11) is 1.52. The lowest BCUT2D eigenvalue weighted by Crippen LogP contribution is -2.11. The molecule has 2 heterocycles. The van der Waals surface area contributed by atoms with E-state index in [9.17, 15) is 5.11 Å². The average molecular weight is 248 g/mol. The summed E-state index contributed by atoms with van der Waals surface area (Å²) in [6, 6.07) is 1.61. The van der Waals surface area contributed by atoms with Crippen LogP contribution in [0.3, 0.4) is 0 Å². The molecule has 0 fully saturated rings. The van der Waals surface area contributed by atoms with E-state index in [0.717, 1.165) is 13.0 Å². The molecule has 0 aromatic carbocycles. The Morgan fingerprint density at radius 3 is 2.94 bits per heavy atom. The van der Waals surface area contributed by atoms with Crippen LogP contribution in [0, 0.1) is 0 Å². The van der Waals surface area contributed by atoms with Crippen LogP contribution >= 0.6 is 0 Å². The van der Waals surface area contributed by atoms with Gasteiger partial charge in [0.25, 0.3) is 0 Å². The lowest BCUT2D eigenvalue weighted by atomic mass is 10.2. The maximum absolute atomic E-state index is 10.3. The van der Waals surface area contributed by atoms with E-state index in [0.29, 0.717) is 17.4 Å². The average Bonchev–Trinajstić information content (AvgIpc) is 2.86. The predicted molar refractivity (Wildman–Crippen MR) is 65.2 cm³/mol. The Labute approximate surface area is 105 Å². The number of ether oxygens (including phenoxy) is 1. The minimum absolute atomic E-state index is 0.424. The zero-order valence-corrected chi connectivity index (χ0v) is 10.4. The maximum Gasteiger partial charge on any atom is 0.216 e. The summed E-state index contributed by atoms with van der Waals surface area (Å²) in [5.74, 6) is 1.00. The van der Waals surface area contributed by atoms with Gasteiger partial charge in [0.15, 0.2) is 6.10 Å². The van der Waals surface area contributed by atoms with Crippen molar-refractivity contribution in [3.8, 4) is 5.88 Å². The molecular weight excluding hydrogens is 232 g/mol. The summed E-state index contributed by atoms with van der Waals surface area (Å²) >= 11 is 0. The third kappa shape index (κ3) is 2.48. The number of nitrogens with zero attached hydrogens (tertiary/aromatic N) is 4. The molecule has 0 radical (unpaired) electrons. The molecular formula is C12H16N4O2. The number of hydrogen-bond acceptors (Lipinski definition) is 5. The van der Waals surface area contributed by atoms with E-state index in [1.165, 1.54) is 13.4 Å². The second kappa shape index (κ2) is 5.59. The summed E-state index contributed by atoms with van der Waals surface area (Å²) in [6.07, 6.45) is 4.99. The minimum atomic E-state index is -0.872. The van der Waals surface area contributed by atoms with Crippen LogP contribution in [0.15, 0.2) is 24.8 Å². The van der Waals surface area contributed by atoms with Gasteiger partial charge in [-0.2, -0.15) is 0 Å². The lowest BCUT2D eigenvalue weighted by Gasteiger charge is -2.12. The molecule has 1 atom stereocenters. The summed E-state index contributed by atoms with van der Waals surface area (Å²) in [6.45, 7) is 2.89. The van der Waals surface area contributed by atoms with E-state index in [-0.39, 0.29) is 0 Å². The number of aromatic nitrogens is 4. The van der Waals surface area contributed by atoms with Crippen molar-refractivity contribution in [3.05, 3.63) is 36.3 Å². The second-order valence-electron chi connectivity index (χ2n) is 3.87. The Hall–Kier alpha value is -1.95. The van der Waals surface area contributed by atoms with Crippen molar-refractivity contribution < 1.29 is 9.84 Å². The van der Waals surface area contributed by atoms with Gasteiger partial charge in [-0.25, -0.2) is 15.0 Å². The molecule has 18 heavy (non-hydrogen) atoms. The lowest BCUT2D eigenvalue weighted by molar-refractivity contribution is 0.198. The van der Waals surface area contributed by atoms with Crippen LogP contribution < -0.4 is 4.74 Å². The molecule has 2 aromatic heterocycles. The summed E-state index contributed by atoms with van der Waals surface area (Å²) in [4.78, 5) is 12.1. The fraction of sp³-hybridized carbons (Fsp3) is 0.417. The minimum Gasteiger partial charge on any atom is -0.481 e. The molecule has 2 aromatic rings. The molecule has 6 nitrogen and oxygen atoms in total. The molecule has 0 bridgehead atoms. The van der Waals surface area contributed by atoms with Crippen LogP contribution in [0.4, 0.5) is 0 Å². The van der Waals surface area contributed by atoms with E-state index >= 15 is 0 Å². The van der Waals surface area contributed by atoms with Crippen LogP contribution in [0.5, 0.6) is 5.88 Å². The Morgan fingerprint density at radius 2 is 2.22 bits per heavy atom. The highest BCUT2D eigenvalue weighted by Crippen LogP contribution is 2.20. The van der Waals surface area contributed by atoms with Crippen LogP contribution in [0.1, 0.15) is 31.0 Å². The van der Waals surface area contributed by atoms with Crippen molar-refractivity contribution >= 4 is 0 Å². The monoisotopic (exact) mass is 248 g/mol. The van der Waals surface area contributed by atoms with E-state index in [2.05, 4.69) is 21.9 Å². The highest BCUT2D eigenvalue weighted by molar-refractivity contribution is 5.20. The smallest absolute Gasteiger partial charge is 0.216 e. The number of aryl methyl sites for hydroxylation is 1. The first-order valence-corrected chi connectivity index (χ1v) is 5.81. The van der Waals surface area contributed by atoms with Crippen molar-refractivity contribution in [2.75, 3.05) is 7.11 Å². The molecule has 0 saturated heterocycles. The predicted octanol–water partition coefficient (Wildman–Crippen LogP) is 1.17. The first-order valence-electron chi connectivity index (χ1n) is 5.81. The van der Waals surface area contributed by atoms with Crippen molar-refractivity contribution in [1.29, 1.82) is 0 Å². The van der Waals surface area contributed by atoms with Gasteiger partial charge < -0.3 is 14.4 Å². The summed E-state index contributed by atoms with van der Waals surface area (Å²) in [5.41, 5.74) is 0.477. The summed E-state index contributed by atoms with van der Waals surface area (Å²) in [5, 5.41) is 10.3. The van der Waals surface area contributed by atoms with Crippen LogP contribution in [-0.2, 0) is 6.54 Å². The van der Waals surface area contributed by atoms with Gasteiger partial charge in [-0.1, -0.05) is 6.92 Å². The number of aliphatic hydroxyl groups excluding tert-OH is 1. The van der Waals surface area contributed by atoms with Gasteiger partial charge in [0.2, 0.25) is 5.88 Å². The standard InChI is InChI=1S/C12H16N4O2/c1-3-5-16-6-4-13-12(16)11(17)9-7-10(18-2)15-8-14-9/h4,6-8,11,17H,3,5H2,1-2H3. The van der Waals surface area contributed by atoms with Gasteiger partial charge in [-0.3, -0.25) is 0 Å². The van der Waals surface area contributed by atoms with E-state index in [4.69, 9.17) is 4.74 Å². The van der Waals surface area contributed by atoms with Gasteiger partial charge in [-0.15, -0.1) is 0 Å². The number of rotatable bonds is 5. The molecule has 6 heteroatoms. The number of hydrogen-bond donors (Lipinski definition) is 1. The van der Waals surface area contributed by atoms with Gasteiger partial charge in [0.05, 0.1) is 12.8 Å². The molecule has 96 valence electrons. The van der Waals surface area contributed by atoms with Gasteiger partial charge in [-0.05, 0) is 6.42 Å². The third-order valence-electron chi connectivity index (χ3n) is 2.61. The van der Waals surface area contributed by atoms with Gasteiger partial charge >= 0.3 is 0 Å². The normalized spacial score (nSPS) is 12.4. The SMILES string of the molecule is CCCn1ccnc1C(O)c1cc(OC)ncn1. The Kier molecular flexibility index (Phi) is 3.88. The Bertz CT molecular complexity index is 512. The van der Waals surface area contributed by atoms with Crippen molar-refractivity contribution in [2.45, 2.75) is 26.0 Å². The first kappa shape index (κ1) is 12.5. The molecule has 0 aliphatic rings. The van der Waals surface area contributed by atoms with E-state index in [1.807, 2.05) is 10.8 Å². The zero-order valence-electron chi connectivity index (χ0n) is 10.4. The van der Waals surface area contributed by atoms with Gasteiger partial charge in [0.1, 0.15) is 12.2 Å². The highest BCUT2D eigenvalue weighted by Gasteiger charge is 2.18. The summed E-state index contributed by atoms with van der Waals surface area (Å²) < 4.78 is 6.93. The quantitative estimate of drug-likeness (QED) is 0.860. The van der Waals surface area contributed by atoms with Crippen LogP contribution in [-0.4, -0.2) is 31.7 Å². The molecule has 0 spiro atoms. The van der Waals surface area contributed by atoms with Crippen molar-refractivity contribution in [3.63, 3.8) is 0 Å². The van der Waals surface area contributed by atoms with Crippen molar-refractivity contribution in [2.24, 2.45) is 0 Å². The maximum atomic E-state index is 10.3. The second-order valence-corrected chi connectivity index (χ2v) is 3.87. The molecule has 1 N–H and O–H groups in total. The van der Waals surface area contributed by atoms with Crippen molar-refractivity contribution in [1.82, 2.24) is 19.5 Å². The number of aliphatic hydroxyl groups is 1. The molecule has 0 aliphatic heterocycles. The highest BCUT2D eigenvalue weighted by atomic mass is 16.5. The largest absolute Gasteiger partial charge is 0.481 e. The third-order valence-corrected chi connectivity index (χ3v) is 2.61. The zero-order chi connectivity index (χ0) is 13.0. The number of methoxy groups -OCH3 is 1. The topological polar surface area (TPSA) is 73.1 Å². The Morgan fingerprint density at radius 1 is 1.39 bits per heavy atom. The Balaban J connectivity index is 2.29.